The summed E-state index contributed by atoms with van der Waals surface area (Å²) in [7, 11) is -4.21. The van der Waals surface area contributed by atoms with E-state index in [1.165, 1.54) is 36.4 Å². The Morgan fingerprint density at radius 3 is 2.35 bits per heavy atom. The minimum atomic E-state index is -4.21. The molecule has 0 bridgehead atoms. The molecule has 2 unspecified atom stereocenters. The molecular formula is C23H24FNO5S. The summed E-state index contributed by atoms with van der Waals surface area (Å²) < 4.78 is 45.5. The van der Waals surface area contributed by atoms with Crippen molar-refractivity contribution in [2.45, 2.75) is 18.6 Å². The van der Waals surface area contributed by atoms with Gasteiger partial charge in [-0.25, -0.2) is 12.8 Å². The zero-order valence-electron chi connectivity index (χ0n) is 17.0. The topological polar surface area (TPSA) is 89.5 Å². The number of carbonyl (C=O) groups excluding carboxylic acids is 2. The normalized spacial score (nSPS) is 13.4. The Balaban J connectivity index is 2.20. The van der Waals surface area contributed by atoms with Crippen LogP contribution < -0.4 is 4.72 Å². The molecule has 0 saturated carbocycles. The van der Waals surface area contributed by atoms with Crippen LogP contribution >= 0.6 is 0 Å². The molecule has 0 spiro atoms. The van der Waals surface area contributed by atoms with Crippen LogP contribution in [0.3, 0.4) is 0 Å². The van der Waals surface area contributed by atoms with Gasteiger partial charge in [-0.1, -0.05) is 60.7 Å². The van der Waals surface area contributed by atoms with Crippen molar-refractivity contribution in [2.75, 3.05) is 6.61 Å². The van der Waals surface area contributed by atoms with E-state index in [9.17, 15) is 22.4 Å². The summed E-state index contributed by atoms with van der Waals surface area (Å²) in [5.41, 5.74) is 1.26. The molecule has 164 valence electrons. The van der Waals surface area contributed by atoms with Gasteiger partial charge in [0.1, 0.15) is 17.0 Å². The second kappa shape index (κ2) is 11.2. The summed E-state index contributed by atoms with van der Waals surface area (Å²) in [5, 5.41) is -1.20. The molecule has 8 heteroatoms. The number of esters is 1. The standard InChI is InChI=1S/C23H24FNO5S/c1-3-20(15-12-17-8-6-5-7-9-17)31(28,29)25-22(26)21(23(27)30-4-2)16-18-10-13-19(24)14-11-18/h3,5-15,20-21H,1,4,16H2,2H3,(H,25,26). The van der Waals surface area contributed by atoms with Crippen LogP contribution in [0, 0.1) is 11.7 Å². The maximum atomic E-state index is 13.1. The zero-order chi connectivity index (χ0) is 22.9. The predicted molar refractivity (Wildman–Crippen MR) is 117 cm³/mol. The van der Waals surface area contributed by atoms with Crippen LogP contribution in [-0.2, 0) is 30.8 Å². The van der Waals surface area contributed by atoms with Crippen molar-refractivity contribution in [3.05, 3.63) is 90.3 Å². The Kier molecular flexibility index (Phi) is 8.69. The lowest BCUT2D eigenvalue weighted by molar-refractivity contribution is -0.151. The van der Waals surface area contributed by atoms with Crippen LogP contribution in [0.5, 0.6) is 0 Å². The van der Waals surface area contributed by atoms with Crippen LogP contribution in [-0.4, -0.2) is 32.2 Å². The van der Waals surface area contributed by atoms with Gasteiger partial charge in [-0.05, 0) is 36.6 Å². The van der Waals surface area contributed by atoms with Crippen molar-refractivity contribution in [3.8, 4) is 0 Å². The molecule has 0 radical (unpaired) electrons. The number of amides is 1. The molecule has 0 aliphatic heterocycles. The Labute approximate surface area is 181 Å². The van der Waals surface area contributed by atoms with Crippen LogP contribution in [0.25, 0.3) is 6.08 Å². The fourth-order valence-corrected chi connectivity index (χ4v) is 3.84. The van der Waals surface area contributed by atoms with Gasteiger partial charge in [0.05, 0.1) is 6.61 Å². The molecule has 0 aliphatic carbocycles. The van der Waals surface area contributed by atoms with E-state index in [-0.39, 0.29) is 13.0 Å². The van der Waals surface area contributed by atoms with E-state index in [1.807, 2.05) is 10.8 Å². The molecule has 0 aliphatic rings. The largest absolute Gasteiger partial charge is 0.465 e. The molecule has 1 N–H and O–H groups in total. The average Bonchev–Trinajstić information content (AvgIpc) is 2.74. The number of benzene rings is 2. The quantitative estimate of drug-likeness (QED) is 0.344. The first-order valence-electron chi connectivity index (χ1n) is 9.59. The molecule has 0 aromatic heterocycles. The van der Waals surface area contributed by atoms with Gasteiger partial charge >= 0.3 is 5.97 Å². The maximum absolute atomic E-state index is 13.1. The zero-order valence-corrected chi connectivity index (χ0v) is 17.8. The van der Waals surface area contributed by atoms with Gasteiger partial charge in [0.2, 0.25) is 15.9 Å². The maximum Gasteiger partial charge on any atom is 0.318 e. The molecule has 6 nitrogen and oxygen atoms in total. The van der Waals surface area contributed by atoms with Gasteiger partial charge in [0, 0.05) is 0 Å². The number of nitrogens with one attached hydrogen (secondary N) is 1. The van der Waals surface area contributed by atoms with Crippen LogP contribution in [0.15, 0.2) is 73.3 Å². The van der Waals surface area contributed by atoms with E-state index in [4.69, 9.17) is 4.74 Å². The fourth-order valence-electron chi connectivity index (χ4n) is 2.74. The SMILES string of the molecule is C=CC(C=Cc1ccccc1)S(=O)(=O)NC(=O)C(Cc1ccc(F)cc1)C(=O)OCC. The van der Waals surface area contributed by atoms with Gasteiger partial charge < -0.3 is 4.74 Å². The highest BCUT2D eigenvalue weighted by Gasteiger charge is 2.33. The molecular weight excluding hydrogens is 421 g/mol. The third-order valence-corrected chi connectivity index (χ3v) is 5.90. The second-order valence-corrected chi connectivity index (χ2v) is 8.46. The summed E-state index contributed by atoms with van der Waals surface area (Å²) in [5.74, 6) is -3.77. The van der Waals surface area contributed by atoms with Gasteiger partial charge in [-0.2, -0.15) is 0 Å². The van der Waals surface area contributed by atoms with Crippen LogP contribution in [0.1, 0.15) is 18.1 Å². The van der Waals surface area contributed by atoms with Crippen LogP contribution in [0.4, 0.5) is 4.39 Å². The summed E-state index contributed by atoms with van der Waals surface area (Å²) >= 11 is 0. The minimum absolute atomic E-state index is 0.0217. The van der Waals surface area contributed by atoms with Gasteiger partial charge in [0.25, 0.3) is 0 Å². The van der Waals surface area contributed by atoms with Crippen molar-refractivity contribution in [1.29, 1.82) is 0 Å². The van der Waals surface area contributed by atoms with E-state index in [1.54, 1.807) is 37.3 Å². The minimum Gasteiger partial charge on any atom is -0.465 e. The highest BCUT2D eigenvalue weighted by atomic mass is 32.2. The van der Waals surface area contributed by atoms with E-state index < -0.39 is 38.9 Å². The first-order valence-corrected chi connectivity index (χ1v) is 11.1. The Hall–Kier alpha value is -3.26. The molecule has 2 aromatic carbocycles. The third kappa shape index (κ3) is 7.18. The number of rotatable bonds is 10. The monoisotopic (exact) mass is 445 g/mol. The summed E-state index contributed by atoms with van der Waals surface area (Å²) in [6, 6.07) is 14.2. The molecule has 2 atom stereocenters. The Bertz CT molecular complexity index is 1030. The van der Waals surface area contributed by atoms with Crippen molar-refractivity contribution < 1.29 is 27.1 Å². The molecule has 2 aromatic rings. The van der Waals surface area contributed by atoms with E-state index in [0.717, 1.165) is 5.56 Å². The number of hydrogen-bond donors (Lipinski definition) is 1. The van der Waals surface area contributed by atoms with Crippen molar-refractivity contribution in [3.63, 3.8) is 0 Å². The number of halogens is 1. The molecule has 0 fully saturated rings. The van der Waals surface area contributed by atoms with Crippen LogP contribution in [0.2, 0.25) is 0 Å². The van der Waals surface area contributed by atoms with Crippen molar-refractivity contribution >= 4 is 28.0 Å². The number of carbonyl (C=O) groups is 2. The molecule has 0 heterocycles. The fraction of sp³-hybridized carbons (Fsp3) is 0.217. The average molecular weight is 446 g/mol. The molecule has 31 heavy (non-hydrogen) atoms. The van der Waals surface area contributed by atoms with Gasteiger partial charge in [-0.3, -0.25) is 14.3 Å². The van der Waals surface area contributed by atoms with E-state index in [0.29, 0.717) is 5.56 Å². The summed E-state index contributed by atoms with van der Waals surface area (Å²) in [4.78, 5) is 25.0. The van der Waals surface area contributed by atoms with Crippen molar-refractivity contribution in [1.82, 2.24) is 4.72 Å². The third-order valence-electron chi connectivity index (χ3n) is 4.35. The van der Waals surface area contributed by atoms with Gasteiger partial charge in [-0.15, -0.1) is 6.58 Å². The smallest absolute Gasteiger partial charge is 0.318 e. The summed E-state index contributed by atoms with van der Waals surface area (Å²) in [6.07, 6.45) is 4.02. The number of hydrogen-bond acceptors (Lipinski definition) is 5. The first kappa shape index (κ1) is 24.0. The van der Waals surface area contributed by atoms with E-state index in [2.05, 4.69) is 6.58 Å². The molecule has 2 rings (SSSR count). The summed E-state index contributed by atoms with van der Waals surface area (Å²) in [6.45, 7) is 5.12. The molecule has 0 saturated heterocycles. The number of sulfonamides is 1. The predicted octanol–water partition coefficient (Wildman–Crippen LogP) is 3.26. The number of ether oxygens (including phenoxy) is 1. The lowest BCUT2D eigenvalue weighted by Crippen LogP contribution is -2.43. The highest BCUT2D eigenvalue weighted by molar-refractivity contribution is 7.91. The van der Waals surface area contributed by atoms with E-state index >= 15 is 0 Å². The first-order chi connectivity index (χ1) is 14.8. The Morgan fingerprint density at radius 1 is 1.13 bits per heavy atom. The van der Waals surface area contributed by atoms with Gasteiger partial charge in [0.15, 0.2) is 0 Å². The Morgan fingerprint density at radius 2 is 1.77 bits per heavy atom. The highest BCUT2D eigenvalue weighted by Crippen LogP contribution is 2.15. The molecule has 1 amide bonds. The lowest BCUT2D eigenvalue weighted by atomic mass is 9.99. The van der Waals surface area contributed by atoms with Crippen molar-refractivity contribution in [2.24, 2.45) is 5.92 Å². The lowest BCUT2D eigenvalue weighted by Gasteiger charge is -2.17. The second-order valence-electron chi connectivity index (χ2n) is 6.62.